The number of carbonyl (C=O) groups excluding carboxylic acids is 1. The number of hydrogen-bond acceptors (Lipinski definition) is 6. The van der Waals surface area contributed by atoms with Gasteiger partial charge in [-0.3, -0.25) is 4.79 Å². The molecule has 0 aliphatic heterocycles. The maximum Gasteiger partial charge on any atom is 0.513 e. The molecular formula is C19H20IN2O5P. The summed E-state index contributed by atoms with van der Waals surface area (Å²) in [4.78, 5) is 12.1. The Balaban J connectivity index is 2.32. The van der Waals surface area contributed by atoms with E-state index in [1.54, 1.807) is 56.3 Å². The highest BCUT2D eigenvalue weighted by atomic mass is 127. The van der Waals surface area contributed by atoms with Gasteiger partial charge in [-0.2, -0.15) is 10.3 Å². The SMILES string of the molecule is CC(C)OC(=O)[C@H](C)NP(=O)(Oc1ccccc1)Oc1ccc(I)cc1C#N. The van der Waals surface area contributed by atoms with Crippen LogP contribution in [0.25, 0.3) is 0 Å². The largest absolute Gasteiger partial charge is 0.513 e. The van der Waals surface area contributed by atoms with Crippen molar-refractivity contribution in [3.63, 3.8) is 0 Å². The summed E-state index contributed by atoms with van der Waals surface area (Å²) in [5.41, 5.74) is 0.197. The molecule has 148 valence electrons. The molecule has 2 atom stereocenters. The number of nitrogens with one attached hydrogen (secondary N) is 1. The molecule has 0 aromatic heterocycles. The number of carbonyl (C=O) groups is 1. The number of esters is 1. The minimum Gasteiger partial charge on any atom is -0.462 e. The van der Waals surface area contributed by atoms with Crippen molar-refractivity contribution in [1.82, 2.24) is 5.09 Å². The minimum atomic E-state index is -4.08. The predicted molar refractivity (Wildman–Crippen MR) is 113 cm³/mol. The van der Waals surface area contributed by atoms with Crippen LogP contribution in [0.15, 0.2) is 48.5 Å². The third kappa shape index (κ3) is 6.51. The molecule has 0 aliphatic rings. The van der Waals surface area contributed by atoms with Crippen LogP contribution in [-0.2, 0) is 14.1 Å². The third-order valence-corrected chi connectivity index (χ3v) is 5.57. The van der Waals surface area contributed by atoms with Crippen LogP contribution >= 0.6 is 30.3 Å². The van der Waals surface area contributed by atoms with Gasteiger partial charge in [-0.05, 0) is 73.7 Å². The molecule has 28 heavy (non-hydrogen) atoms. The van der Waals surface area contributed by atoms with Crippen molar-refractivity contribution in [3.05, 3.63) is 57.7 Å². The Morgan fingerprint density at radius 3 is 2.43 bits per heavy atom. The summed E-state index contributed by atoms with van der Waals surface area (Å²) in [6.45, 7) is 4.92. The zero-order valence-electron chi connectivity index (χ0n) is 15.6. The summed E-state index contributed by atoms with van der Waals surface area (Å²) in [6, 6.07) is 14.3. The topological polar surface area (TPSA) is 97.7 Å². The number of ether oxygens (including phenoxy) is 1. The van der Waals surface area contributed by atoms with E-state index >= 15 is 0 Å². The van der Waals surface area contributed by atoms with E-state index in [1.165, 1.54) is 13.0 Å². The average molecular weight is 514 g/mol. The van der Waals surface area contributed by atoms with Gasteiger partial charge in [0.2, 0.25) is 0 Å². The molecule has 0 heterocycles. The lowest BCUT2D eigenvalue weighted by molar-refractivity contribution is -0.149. The Morgan fingerprint density at radius 1 is 1.14 bits per heavy atom. The fourth-order valence-corrected chi connectivity index (χ4v) is 4.15. The summed E-state index contributed by atoms with van der Waals surface area (Å²) >= 11 is 2.06. The monoisotopic (exact) mass is 514 g/mol. The van der Waals surface area contributed by atoms with E-state index in [-0.39, 0.29) is 23.2 Å². The van der Waals surface area contributed by atoms with Gasteiger partial charge < -0.3 is 13.8 Å². The Bertz CT molecular complexity index is 914. The Hall–Kier alpha value is -2.08. The van der Waals surface area contributed by atoms with E-state index in [0.29, 0.717) is 0 Å². The fourth-order valence-electron chi connectivity index (χ4n) is 2.11. The molecule has 1 unspecified atom stereocenters. The standard InChI is InChI=1S/C19H20IN2O5P/c1-13(2)25-19(23)14(3)22-28(24,26-17-7-5-4-6-8-17)27-18-10-9-16(20)11-15(18)12-21/h4-11,13-14H,1-3H3,(H,22,24)/t14-,28?/m0/s1. The normalized spacial score (nSPS) is 13.9. The number of nitriles is 1. The maximum atomic E-state index is 13.4. The second-order valence-corrected chi connectivity index (χ2v) is 8.95. The van der Waals surface area contributed by atoms with Crippen LogP contribution in [0.2, 0.25) is 0 Å². The number of hydrogen-bond donors (Lipinski definition) is 1. The van der Waals surface area contributed by atoms with Crippen molar-refractivity contribution in [2.75, 3.05) is 0 Å². The lowest BCUT2D eigenvalue weighted by Gasteiger charge is -2.24. The van der Waals surface area contributed by atoms with Gasteiger partial charge in [0.15, 0.2) is 0 Å². The molecule has 0 saturated carbocycles. The Morgan fingerprint density at radius 2 is 1.82 bits per heavy atom. The van der Waals surface area contributed by atoms with Crippen molar-refractivity contribution in [2.45, 2.75) is 32.9 Å². The van der Waals surface area contributed by atoms with Crippen LogP contribution in [0, 0.1) is 14.9 Å². The molecular weight excluding hydrogens is 494 g/mol. The van der Waals surface area contributed by atoms with Crippen molar-refractivity contribution in [2.24, 2.45) is 0 Å². The van der Waals surface area contributed by atoms with E-state index in [4.69, 9.17) is 13.8 Å². The summed E-state index contributed by atoms with van der Waals surface area (Å²) < 4.78 is 30.5. The lowest BCUT2D eigenvalue weighted by Crippen LogP contribution is -2.36. The quantitative estimate of drug-likeness (QED) is 0.311. The molecule has 0 saturated heterocycles. The molecule has 0 bridgehead atoms. The maximum absolute atomic E-state index is 13.4. The summed E-state index contributed by atoms with van der Waals surface area (Å²) in [6.07, 6.45) is -0.325. The first-order chi connectivity index (χ1) is 13.2. The molecule has 9 heteroatoms. The average Bonchev–Trinajstić information content (AvgIpc) is 2.63. The van der Waals surface area contributed by atoms with Gasteiger partial charge in [0, 0.05) is 3.57 Å². The molecule has 1 N–H and O–H groups in total. The van der Waals surface area contributed by atoms with Gasteiger partial charge in [-0.25, -0.2) is 4.57 Å². The predicted octanol–water partition coefficient (Wildman–Crippen LogP) is 4.66. The number of benzene rings is 2. The molecule has 0 amide bonds. The van der Waals surface area contributed by atoms with Gasteiger partial charge in [-0.15, -0.1) is 0 Å². The first-order valence-corrected chi connectivity index (χ1v) is 11.1. The van der Waals surface area contributed by atoms with E-state index in [1.807, 2.05) is 6.07 Å². The Labute approximate surface area is 177 Å². The molecule has 0 spiro atoms. The Kier molecular flexibility index (Phi) is 7.87. The molecule has 0 fully saturated rings. The number of rotatable bonds is 8. The molecule has 0 radical (unpaired) electrons. The summed E-state index contributed by atoms with van der Waals surface area (Å²) in [5, 5.41) is 11.9. The second kappa shape index (κ2) is 9.92. The highest BCUT2D eigenvalue weighted by Gasteiger charge is 2.34. The van der Waals surface area contributed by atoms with Gasteiger partial charge in [0.1, 0.15) is 23.6 Å². The molecule has 0 aliphatic carbocycles. The molecule has 7 nitrogen and oxygen atoms in total. The number of nitrogens with zero attached hydrogens (tertiary/aromatic N) is 1. The van der Waals surface area contributed by atoms with E-state index in [0.717, 1.165) is 3.57 Å². The van der Waals surface area contributed by atoms with E-state index in [2.05, 4.69) is 27.7 Å². The van der Waals surface area contributed by atoms with Crippen LogP contribution < -0.4 is 14.1 Å². The first kappa shape index (κ1) is 22.2. The van der Waals surface area contributed by atoms with Crippen molar-refractivity contribution in [3.8, 4) is 17.6 Å². The van der Waals surface area contributed by atoms with E-state index in [9.17, 15) is 14.6 Å². The van der Waals surface area contributed by atoms with Gasteiger partial charge in [-0.1, -0.05) is 18.2 Å². The van der Waals surface area contributed by atoms with Crippen molar-refractivity contribution >= 4 is 36.3 Å². The molecule has 2 aromatic carbocycles. The zero-order valence-corrected chi connectivity index (χ0v) is 18.6. The van der Waals surface area contributed by atoms with Gasteiger partial charge >= 0.3 is 13.7 Å². The summed E-state index contributed by atoms with van der Waals surface area (Å²) in [5.74, 6) is -0.232. The first-order valence-electron chi connectivity index (χ1n) is 8.44. The van der Waals surface area contributed by atoms with Crippen LogP contribution in [0.5, 0.6) is 11.5 Å². The van der Waals surface area contributed by atoms with Crippen LogP contribution in [0.3, 0.4) is 0 Å². The fraction of sp³-hybridized carbons (Fsp3) is 0.263. The second-order valence-electron chi connectivity index (χ2n) is 6.08. The highest BCUT2D eigenvalue weighted by molar-refractivity contribution is 14.1. The number of para-hydroxylation sites is 1. The van der Waals surface area contributed by atoms with Crippen molar-refractivity contribution < 1.29 is 23.1 Å². The molecule has 2 rings (SSSR count). The van der Waals surface area contributed by atoms with Crippen LogP contribution in [-0.4, -0.2) is 18.1 Å². The zero-order chi connectivity index (χ0) is 20.7. The highest BCUT2D eigenvalue weighted by Crippen LogP contribution is 2.46. The molecule has 2 aromatic rings. The smallest absolute Gasteiger partial charge is 0.462 e. The lowest BCUT2D eigenvalue weighted by atomic mass is 10.2. The van der Waals surface area contributed by atoms with Gasteiger partial charge in [0.25, 0.3) is 0 Å². The number of halogens is 1. The van der Waals surface area contributed by atoms with Gasteiger partial charge in [0.05, 0.1) is 11.7 Å². The minimum absolute atomic E-state index is 0.0825. The summed E-state index contributed by atoms with van der Waals surface area (Å²) in [7, 11) is -4.08. The third-order valence-electron chi connectivity index (χ3n) is 3.31. The van der Waals surface area contributed by atoms with Crippen LogP contribution in [0.4, 0.5) is 0 Å². The van der Waals surface area contributed by atoms with Crippen molar-refractivity contribution in [1.29, 1.82) is 5.26 Å². The van der Waals surface area contributed by atoms with E-state index < -0.39 is 19.8 Å². The van der Waals surface area contributed by atoms with Crippen LogP contribution in [0.1, 0.15) is 26.3 Å².